The van der Waals surface area contributed by atoms with Crippen molar-refractivity contribution in [1.82, 2.24) is 4.90 Å². The van der Waals surface area contributed by atoms with Crippen LogP contribution in [-0.4, -0.2) is 30.7 Å². The van der Waals surface area contributed by atoms with Crippen LogP contribution in [0, 0.1) is 6.92 Å². The first kappa shape index (κ1) is 13.1. The van der Waals surface area contributed by atoms with Gasteiger partial charge in [0.25, 0.3) is 0 Å². The minimum absolute atomic E-state index is 0.217. The molecule has 2 nitrogen and oxygen atoms in total. The van der Waals surface area contributed by atoms with Crippen LogP contribution >= 0.6 is 0 Å². The summed E-state index contributed by atoms with van der Waals surface area (Å²) in [5, 5.41) is 11.7. The molecule has 0 amide bonds. The zero-order chi connectivity index (χ0) is 13.1. The molecule has 0 bridgehead atoms. The molecule has 96 valence electrons. The first-order valence-electron chi connectivity index (χ1n) is 6.39. The highest BCUT2D eigenvalue weighted by molar-refractivity contribution is 5.83. The second kappa shape index (κ2) is 5.51. The van der Waals surface area contributed by atoms with Crippen LogP contribution in [0.25, 0.3) is 10.8 Å². The molecular weight excluding hydrogens is 222 g/mol. The van der Waals surface area contributed by atoms with Gasteiger partial charge in [0.15, 0.2) is 0 Å². The molecule has 0 heterocycles. The summed E-state index contributed by atoms with van der Waals surface area (Å²) in [5.74, 6) is 0. The second-order valence-corrected chi connectivity index (χ2v) is 5.10. The predicted octanol–water partition coefficient (Wildman–Crippen LogP) is 3.13. The second-order valence-electron chi connectivity index (χ2n) is 5.10. The molecule has 1 atom stereocenters. The van der Waals surface area contributed by atoms with Crippen LogP contribution in [0.5, 0.6) is 0 Å². The summed E-state index contributed by atoms with van der Waals surface area (Å²) in [6, 6.07) is 13.4. The van der Waals surface area contributed by atoms with E-state index < -0.39 is 0 Å². The Balaban J connectivity index is 2.42. The monoisotopic (exact) mass is 243 g/mol. The molecule has 2 heteroatoms. The molecule has 0 saturated carbocycles. The van der Waals surface area contributed by atoms with Gasteiger partial charge in [-0.1, -0.05) is 35.9 Å². The molecule has 0 radical (unpaired) electrons. The Kier molecular flexibility index (Phi) is 4.00. The van der Waals surface area contributed by atoms with Gasteiger partial charge in [0.2, 0.25) is 0 Å². The fraction of sp³-hybridized carbons (Fsp3) is 0.375. The van der Waals surface area contributed by atoms with E-state index in [1.165, 1.54) is 21.9 Å². The number of hydrogen-bond donors (Lipinski definition) is 1. The van der Waals surface area contributed by atoms with Gasteiger partial charge < -0.3 is 10.0 Å². The Hall–Kier alpha value is -1.38. The molecular formula is C16H21NO. The van der Waals surface area contributed by atoms with Crippen LogP contribution in [-0.2, 0) is 0 Å². The Bertz CT molecular complexity index is 534. The molecule has 0 aliphatic carbocycles. The average molecular weight is 243 g/mol. The molecule has 0 spiro atoms. The van der Waals surface area contributed by atoms with E-state index in [9.17, 15) is 0 Å². The Morgan fingerprint density at radius 2 is 1.72 bits per heavy atom. The lowest BCUT2D eigenvalue weighted by Crippen LogP contribution is -2.20. The van der Waals surface area contributed by atoms with Crippen molar-refractivity contribution in [2.24, 2.45) is 0 Å². The van der Waals surface area contributed by atoms with E-state index in [0.29, 0.717) is 0 Å². The molecule has 0 fully saturated rings. The van der Waals surface area contributed by atoms with E-state index >= 15 is 0 Å². The number of nitrogens with zero attached hydrogens (tertiary/aromatic N) is 1. The van der Waals surface area contributed by atoms with Crippen LogP contribution < -0.4 is 0 Å². The van der Waals surface area contributed by atoms with Gasteiger partial charge in [-0.25, -0.2) is 0 Å². The van der Waals surface area contributed by atoms with Crippen molar-refractivity contribution in [1.29, 1.82) is 0 Å². The van der Waals surface area contributed by atoms with E-state index in [4.69, 9.17) is 5.11 Å². The van der Waals surface area contributed by atoms with E-state index in [0.717, 1.165) is 6.42 Å². The molecule has 2 aromatic carbocycles. The summed E-state index contributed by atoms with van der Waals surface area (Å²) in [6.45, 7) is 2.33. The fourth-order valence-corrected chi connectivity index (χ4v) is 2.44. The number of aryl methyl sites for hydroxylation is 1. The minimum atomic E-state index is 0.217. The topological polar surface area (TPSA) is 23.5 Å². The van der Waals surface area contributed by atoms with Gasteiger partial charge in [0.1, 0.15) is 0 Å². The predicted molar refractivity (Wildman–Crippen MR) is 76.8 cm³/mol. The third kappa shape index (κ3) is 2.71. The lowest BCUT2D eigenvalue weighted by Gasteiger charge is -2.24. The third-order valence-electron chi connectivity index (χ3n) is 3.43. The number of aliphatic hydroxyl groups is 1. The molecule has 0 aliphatic heterocycles. The number of hydrogen-bond acceptors (Lipinski definition) is 2. The summed E-state index contributed by atoms with van der Waals surface area (Å²) in [5.41, 5.74) is 2.56. The van der Waals surface area contributed by atoms with Crippen LogP contribution in [0.4, 0.5) is 0 Å². The Morgan fingerprint density at radius 3 is 2.39 bits per heavy atom. The van der Waals surface area contributed by atoms with Gasteiger partial charge >= 0.3 is 0 Å². The molecule has 0 saturated heterocycles. The highest BCUT2D eigenvalue weighted by Crippen LogP contribution is 2.26. The maximum atomic E-state index is 9.17. The Labute approximate surface area is 109 Å². The number of benzene rings is 2. The van der Waals surface area contributed by atoms with E-state index in [1.54, 1.807) is 0 Å². The maximum Gasteiger partial charge on any atom is 0.0449 e. The molecule has 1 N–H and O–H groups in total. The van der Waals surface area contributed by atoms with Gasteiger partial charge in [-0.15, -0.1) is 0 Å². The summed E-state index contributed by atoms with van der Waals surface area (Å²) in [7, 11) is 4.11. The zero-order valence-corrected chi connectivity index (χ0v) is 11.4. The molecule has 2 rings (SSSR count). The van der Waals surface area contributed by atoms with Crippen molar-refractivity contribution >= 4 is 10.8 Å². The normalized spacial score (nSPS) is 13.2. The number of aliphatic hydroxyl groups excluding tert-OH is 1. The van der Waals surface area contributed by atoms with Crippen molar-refractivity contribution in [2.75, 3.05) is 20.7 Å². The van der Waals surface area contributed by atoms with Crippen molar-refractivity contribution in [3.05, 3.63) is 47.5 Å². The number of rotatable bonds is 4. The summed E-state index contributed by atoms with van der Waals surface area (Å²) >= 11 is 0. The van der Waals surface area contributed by atoms with Gasteiger partial charge in [-0.3, -0.25) is 0 Å². The zero-order valence-electron chi connectivity index (χ0n) is 11.4. The summed E-state index contributed by atoms with van der Waals surface area (Å²) < 4.78 is 0. The first-order chi connectivity index (χ1) is 8.61. The number of fused-ring (bicyclic) bond motifs is 1. The smallest absolute Gasteiger partial charge is 0.0449 e. The average Bonchev–Trinajstić information content (AvgIpc) is 2.35. The highest BCUT2D eigenvalue weighted by atomic mass is 16.3. The van der Waals surface area contributed by atoms with Gasteiger partial charge in [-0.05, 0) is 49.8 Å². The highest BCUT2D eigenvalue weighted by Gasteiger charge is 2.13. The first-order valence-corrected chi connectivity index (χ1v) is 6.39. The van der Waals surface area contributed by atoms with Gasteiger partial charge in [0, 0.05) is 12.6 Å². The lowest BCUT2D eigenvalue weighted by molar-refractivity contribution is 0.211. The van der Waals surface area contributed by atoms with Crippen molar-refractivity contribution in [3.63, 3.8) is 0 Å². The van der Waals surface area contributed by atoms with Crippen molar-refractivity contribution in [2.45, 2.75) is 19.4 Å². The quantitative estimate of drug-likeness (QED) is 0.891. The van der Waals surface area contributed by atoms with Crippen molar-refractivity contribution < 1.29 is 5.11 Å². The fourth-order valence-electron chi connectivity index (χ4n) is 2.44. The Morgan fingerprint density at radius 1 is 1.06 bits per heavy atom. The lowest BCUT2D eigenvalue weighted by atomic mass is 9.98. The van der Waals surface area contributed by atoms with Crippen LogP contribution in [0.3, 0.4) is 0 Å². The summed E-state index contributed by atoms with van der Waals surface area (Å²) in [6.07, 6.45) is 0.768. The van der Waals surface area contributed by atoms with E-state index in [1.807, 2.05) is 0 Å². The van der Waals surface area contributed by atoms with E-state index in [2.05, 4.69) is 62.3 Å². The SMILES string of the molecule is Cc1ccc2cc(C(CCO)N(C)C)ccc2c1. The third-order valence-corrected chi connectivity index (χ3v) is 3.43. The maximum absolute atomic E-state index is 9.17. The summed E-state index contributed by atoms with van der Waals surface area (Å²) in [4.78, 5) is 2.16. The van der Waals surface area contributed by atoms with Gasteiger partial charge in [0.05, 0.1) is 0 Å². The van der Waals surface area contributed by atoms with Gasteiger partial charge in [-0.2, -0.15) is 0 Å². The van der Waals surface area contributed by atoms with Crippen LogP contribution in [0.15, 0.2) is 36.4 Å². The van der Waals surface area contributed by atoms with Crippen molar-refractivity contribution in [3.8, 4) is 0 Å². The molecule has 18 heavy (non-hydrogen) atoms. The molecule has 1 unspecified atom stereocenters. The largest absolute Gasteiger partial charge is 0.396 e. The molecule has 0 aromatic heterocycles. The molecule has 2 aromatic rings. The van der Waals surface area contributed by atoms with Crippen LogP contribution in [0.1, 0.15) is 23.6 Å². The van der Waals surface area contributed by atoms with Crippen LogP contribution in [0.2, 0.25) is 0 Å². The standard InChI is InChI=1S/C16H21NO/c1-12-4-5-14-11-15(7-6-13(14)10-12)16(8-9-18)17(2)3/h4-7,10-11,16,18H,8-9H2,1-3H3. The minimum Gasteiger partial charge on any atom is -0.396 e. The van der Waals surface area contributed by atoms with E-state index in [-0.39, 0.29) is 12.6 Å². The molecule has 0 aliphatic rings.